The van der Waals surface area contributed by atoms with Crippen LogP contribution in [-0.4, -0.2) is 47.2 Å². The molecule has 0 unspecified atom stereocenters. The number of aromatic amines is 1. The minimum absolute atomic E-state index is 0.126. The van der Waals surface area contributed by atoms with Gasteiger partial charge in [0.25, 0.3) is 0 Å². The van der Waals surface area contributed by atoms with E-state index in [4.69, 9.17) is 11.6 Å². The molecule has 3 rings (SSSR count). The lowest BCUT2D eigenvalue weighted by atomic mass is 10.3. The van der Waals surface area contributed by atoms with Crippen LogP contribution in [0, 0.1) is 0 Å². The first-order valence-corrected chi connectivity index (χ1v) is 7.58. The van der Waals surface area contributed by atoms with E-state index in [1.165, 1.54) is 0 Å². The Morgan fingerprint density at radius 2 is 2.09 bits per heavy atom. The van der Waals surface area contributed by atoms with E-state index in [1.54, 1.807) is 13.1 Å². The van der Waals surface area contributed by atoms with Crippen LogP contribution < -0.4 is 10.2 Å². The molecule has 6 nitrogen and oxygen atoms in total. The van der Waals surface area contributed by atoms with Gasteiger partial charge in [-0.2, -0.15) is 5.10 Å². The summed E-state index contributed by atoms with van der Waals surface area (Å²) in [5.41, 5.74) is 1.82. The van der Waals surface area contributed by atoms with Crippen molar-refractivity contribution < 1.29 is 4.79 Å². The van der Waals surface area contributed by atoms with Crippen molar-refractivity contribution in [2.45, 2.75) is 6.92 Å². The number of carbonyl (C=O) groups is 1. The Morgan fingerprint density at radius 3 is 2.77 bits per heavy atom. The molecule has 7 heteroatoms. The summed E-state index contributed by atoms with van der Waals surface area (Å²) in [4.78, 5) is 15.4. The number of anilines is 3. The number of rotatable bonds is 3. The summed E-state index contributed by atoms with van der Waals surface area (Å²) in [6.07, 6.45) is 1.76. The lowest BCUT2D eigenvalue weighted by Crippen LogP contribution is -2.48. The molecule has 2 heterocycles. The third-order valence-corrected chi connectivity index (χ3v) is 4.00. The van der Waals surface area contributed by atoms with Crippen molar-refractivity contribution >= 4 is 34.7 Å². The first-order valence-electron chi connectivity index (χ1n) is 7.20. The molecule has 1 aliphatic heterocycles. The summed E-state index contributed by atoms with van der Waals surface area (Å²) in [7, 11) is 0. The summed E-state index contributed by atoms with van der Waals surface area (Å²) in [6, 6.07) is 7.56. The van der Waals surface area contributed by atoms with Crippen LogP contribution >= 0.6 is 11.6 Å². The van der Waals surface area contributed by atoms with Gasteiger partial charge in [-0.3, -0.25) is 9.89 Å². The molecule has 116 valence electrons. The fourth-order valence-electron chi connectivity index (χ4n) is 2.58. The maximum atomic E-state index is 11.4. The third-order valence-electron chi connectivity index (χ3n) is 3.76. The fourth-order valence-corrected chi connectivity index (χ4v) is 2.77. The predicted octanol–water partition coefficient (Wildman–Crippen LogP) is 2.48. The van der Waals surface area contributed by atoms with Crippen LogP contribution in [-0.2, 0) is 4.79 Å². The number of benzene rings is 1. The third kappa shape index (κ3) is 3.17. The van der Waals surface area contributed by atoms with Crippen molar-refractivity contribution in [2.24, 2.45) is 0 Å². The number of halogens is 1. The average molecular weight is 320 g/mol. The second kappa shape index (κ2) is 6.27. The van der Waals surface area contributed by atoms with Crippen molar-refractivity contribution in [3.05, 3.63) is 35.5 Å². The van der Waals surface area contributed by atoms with Crippen LogP contribution in [0.3, 0.4) is 0 Å². The largest absolute Gasteiger partial charge is 0.352 e. The first-order chi connectivity index (χ1) is 10.6. The molecular weight excluding hydrogens is 302 g/mol. The second-order valence-corrected chi connectivity index (χ2v) is 5.70. The van der Waals surface area contributed by atoms with Crippen molar-refractivity contribution in [3.8, 4) is 0 Å². The Kier molecular flexibility index (Phi) is 4.20. The Hall–Kier alpha value is -2.21. The topological polar surface area (TPSA) is 64.3 Å². The number of nitrogens with one attached hydrogen (secondary N) is 2. The van der Waals surface area contributed by atoms with Crippen molar-refractivity contribution in [1.29, 1.82) is 0 Å². The van der Waals surface area contributed by atoms with Gasteiger partial charge in [0.2, 0.25) is 5.91 Å². The molecule has 0 saturated carbocycles. The summed E-state index contributed by atoms with van der Waals surface area (Å²) >= 11 is 6.01. The van der Waals surface area contributed by atoms with Crippen LogP contribution in [0.15, 0.2) is 30.5 Å². The quantitative estimate of drug-likeness (QED) is 0.912. The molecule has 0 atom stereocenters. The summed E-state index contributed by atoms with van der Waals surface area (Å²) < 4.78 is 0. The molecule has 1 saturated heterocycles. The lowest BCUT2D eigenvalue weighted by molar-refractivity contribution is -0.129. The molecule has 1 amide bonds. The predicted molar refractivity (Wildman–Crippen MR) is 87.8 cm³/mol. The van der Waals surface area contributed by atoms with Crippen LogP contribution in [0.25, 0.3) is 0 Å². The Bertz CT molecular complexity index is 663. The smallest absolute Gasteiger partial charge is 0.219 e. The van der Waals surface area contributed by atoms with Crippen molar-refractivity contribution in [2.75, 3.05) is 36.4 Å². The monoisotopic (exact) mass is 319 g/mol. The van der Waals surface area contributed by atoms with Gasteiger partial charge in [0.1, 0.15) is 11.5 Å². The highest BCUT2D eigenvalue weighted by Crippen LogP contribution is 2.28. The van der Waals surface area contributed by atoms with E-state index in [2.05, 4.69) is 20.4 Å². The summed E-state index contributed by atoms with van der Waals surface area (Å²) in [6.45, 7) is 4.63. The van der Waals surface area contributed by atoms with Gasteiger partial charge in [0.15, 0.2) is 0 Å². The van der Waals surface area contributed by atoms with E-state index in [0.717, 1.165) is 43.4 Å². The van der Waals surface area contributed by atoms with Crippen molar-refractivity contribution in [3.63, 3.8) is 0 Å². The Morgan fingerprint density at radius 1 is 1.32 bits per heavy atom. The standard InChI is InChI=1S/C15H18ClN5O/c1-11(22)20-5-7-21(8-6-20)15-14(10-17-19-15)18-13-4-2-3-12(16)9-13/h2-4,9-10,18H,5-8H2,1H3,(H,17,19). The van der Waals surface area contributed by atoms with E-state index in [-0.39, 0.29) is 5.91 Å². The zero-order chi connectivity index (χ0) is 15.5. The maximum absolute atomic E-state index is 11.4. The van der Waals surface area contributed by atoms with Crippen molar-refractivity contribution in [1.82, 2.24) is 15.1 Å². The minimum Gasteiger partial charge on any atom is -0.352 e. The highest BCUT2D eigenvalue weighted by molar-refractivity contribution is 6.30. The van der Waals surface area contributed by atoms with Gasteiger partial charge in [-0.05, 0) is 18.2 Å². The molecule has 1 aromatic heterocycles. The number of amides is 1. The molecule has 2 N–H and O–H groups in total. The van der Waals surface area contributed by atoms with Gasteiger partial charge < -0.3 is 15.1 Å². The lowest BCUT2D eigenvalue weighted by Gasteiger charge is -2.35. The van der Waals surface area contributed by atoms with E-state index in [0.29, 0.717) is 5.02 Å². The zero-order valence-corrected chi connectivity index (χ0v) is 13.1. The van der Waals surface area contributed by atoms with E-state index < -0.39 is 0 Å². The molecule has 1 aliphatic rings. The van der Waals surface area contributed by atoms with E-state index >= 15 is 0 Å². The number of hydrogen-bond acceptors (Lipinski definition) is 4. The maximum Gasteiger partial charge on any atom is 0.219 e. The summed E-state index contributed by atoms with van der Waals surface area (Å²) in [5, 5.41) is 11.2. The normalized spacial score (nSPS) is 15.0. The molecule has 0 bridgehead atoms. The van der Waals surface area contributed by atoms with Crippen LogP contribution in [0.5, 0.6) is 0 Å². The fraction of sp³-hybridized carbons (Fsp3) is 0.333. The zero-order valence-electron chi connectivity index (χ0n) is 12.3. The van der Waals surface area contributed by atoms with Gasteiger partial charge >= 0.3 is 0 Å². The number of nitrogens with zero attached hydrogens (tertiary/aromatic N) is 3. The molecule has 0 aliphatic carbocycles. The number of hydrogen-bond donors (Lipinski definition) is 2. The van der Waals surface area contributed by atoms with Gasteiger partial charge in [0.05, 0.1) is 6.20 Å². The highest BCUT2D eigenvalue weighted by Gasteiger charge is 2.21. The molecule has 1 fully saturated rings. The second-order valence-electron chi connectivity index (χ2n) is 5.26. The van der Waals surface area contributed by atoms with Gasteiger partial charge in [-0.1, -0.05) is 17.7 Å². The number of carbonyl (C=O) groups excluding carboxylic acids is 1. The van der Waals surface area contributed by atoms with Gasteiger partial charge in [-0.25, -0.2) is 0 Å². The molecule has 0 radical (unpaired) electrons. The molecule has 2 aromatic rings. The minimum atomic E-state index is 0.126. The molecule has 22 heavy (non-hydrogen) atoms. The summed E-state index contributed by atoms with van der Waals surface area (Å²) in [5.74, 6) is 1.06. The number of piperazine rings is 1. The number of H-pyrrole nitrogens is 1. The Balaban J connectivity index is 1.71. The molecular formula is C15H18ClN5O. The van der Waals surface area contributed by atoms with Crippen LogP contribution in [0.1, 0.15) is 6.92 Å². The average Bonchev–Trinajstić information content (AvgIpc) is 2.95. The highest BCUT2D eigenvalue weighted by atomic mass is 35.5. The van der Waals surface area contributed by atoms with Gasteiger partial charge in [0, 0.05) is 43.8 Å². The Labute approximate surface area is 134 Å². The number of aromatic nitrogens is 2. The van der Waals surface area contributed by atoms with E-state index in [1.807, 2.05) is 29.2 Å². The molecule has 1 aromatic carbocycles. The van der Waals surface area contributed by atoms with Crippen LogP contribution in [0.2, 0.25) is 5.02 Å². The van der Waals surface area contributed by atoms with Gasteiger partial charge in [-0.15, -0.1) is 0 Å². The first kappa shape index (κ1) is 14.7. The van der Waals surface area contributed by atoms with Crippen LogP contribution in [0.4, 0.5) is 17.2 Å². The SMILES string of the molecule is CC(=O)N1CCN(c2[nH]ncc2Nc2cccc(Cl)c2)CC1. The molecule has 0 spiro atoms. The van der Waals surface area contributed by atoms with E-state index in [9.17, 15) is 4.79 Å².